The number of nitriles is 1. The van der Waals surface area contributed by atoms with Crippen molar-refractivity contribution in [1.29, 1.82) is 5.26 Å². The minimum atomic E-state index is -0.574. The highest BCUT2D eigenvalue weighted by Crippen LogP contribution is 2.17. The van der Waals surface area contributed by atoms with E-state index in [-0.39, 0.29) is 12.1 Å². The van der Waals surface area contributed by atoms with E-state index in [2.05, 4.69) is 26.6 Å². The molecule has 0 spiro atoms. The first-order chi connectivity index (χ1) is 14.2. The van der Waals surface area contributed by atoms with Crippen LogP contribution in [0.5, 0.6) is 0 Å². The Bertz CT molecular complexity index is 827. The Labute approximate surface area is 169 Å². The fourth-order valence-electron chi connectivity index (χ4n) is 3.72. The van der Waals surface area contributed by atoms with Gasteiger partial charge in [-0.3, -0.25) is 4.90 Å². The zero-order valence-electron chi connectivity index (χ0n) is 16.3. The van der Waals surface area contributed by atoms with E-state index in [1.165, 1.54) is 0 Å². The van der Waals surface area contributed by atoms with E-state index in [1.54, 1.807) is 16.8 Å². The zero-order valence-corrected chi connectivity index (χ0v) is 16.3. The molecule has 29 heavy (non-hydrogen) atoms. The number of benzene rings is 1. The van der Waals surface area contributed by atoms with Gasteiger partial charge in [-0.25, -0.2) is 4.68 Å². The van der Waals surface area contributed by atoms with Crippen LogP contribution in [0.3, 0.4) is 0 Å². The monoisotopic (exact) mass is 398 g/mol. The molecular formula is C20H26N6O3. The molecule has 0 radical (unpaired) electrons. The van der Waals surface area contributed by atoms with Gasteiger partial charge in [0.05, 0.1) is 61.9 Å². The van der Waals surface area contributed by atoms with Crippen LogP contribution >= 0.6 is 0 Å². The molecule has 2 fully saturated rings. The molecule has 1 aromatic carbocycles. The first-order valence-corrected chi connectivity index (χ1v) is 9.92. The van der Waals surface area contributed by atoms with Crippen LogP contribution in [0.4, 0.5) is 0 Å². The van der Waals surface area contributed by atoms with Gasteiger partial charge in [0.2, 0.25) is 0 Å². The summed E-state index contributed by atoms with van der Waals surface area (Å²) in [6, 6.07) is 9.33. The van der Waals surface area contributed by atoms with Crippen molar-refractivity contribution in [2.75, 3.05) is 32.9 Å². The van der Waals surface area contributed by atoms with Crippen molar-refractivity contribution in [3.8, 4) is 6.07 Å². The molecule has 9 heteroatoms. The highest BCUT2D eigenvalue weighted by molar-refractivity contribution is 5.31. The van der Waals surface area contributed by atoms with Crippen LogP contribution in [0.15, 0.2) is 30.5 Å². The van der Waals surface area contributed by atoms with Crippen molar-refractivity contribution in [2.45, 2.75) is 37.9 Å². The summed E-state index contributed by atoms with van der Waals surface area (Å²) in [5.74, 6) is 0. The standard InChI is InChI=1S/C20H26N6O3/c21-9-15-1-3-16(4-2-15)10-22-20-18(27)14-29-19(20)13-26-12-17(23-24-26)11-25-5-7-28-8-6-25/h1-4,12,18-20,22,27H,5-8,10-11,13-14H2/t18-,19+,20+/m0/s1. The maximum atomic E-state index is 10.3. The number of hydrogen-bond acceptors (Lipinski definition) is 8. The largest absolute Gasteiger partial charge is 0.389 e. The van der Waals surface area contributed by atoms with Crippen LogP contribution in [0.2, 0.25) is 0 Å². The summed E-state index contributed by atoms with van der Waals surface area (Å²) >= 11 is 0. The van der Waals surface area contributed by atoms with E-state index in [0.29, 0.717) is 25.3 Å². The number of aromatic nitrogens is 3. The summed E-state index contributed by atoms with van der Waals surface area (Å²) in [6.45, 7) is 5.51. The fraction of sp³-hybridized carbons (Fsp3) is 0.550. The molecular weight excluding hydrogens is 372 g/mol. The van der Waals surface area contributed by atoms with Gasteiger partial charge in [0.15, 0.2) is 0 Å². The number of hydrogen-bond donors (Lipinski definition) is 2. The van der Waals surface area contributed by atoms with Crippen LogP contribution in [0, 0.1) is 11.3 Å². The summed E-state index contributed by atoms with van der Waals surface area (Å²) in [6.07, 6.45) is 1.18. The lowest BCUT2D eigenvalue weighted by molar-refractivity contribution is 0.0336. The van der Waals surface area contributed by atoms with Crippen LogP contribution < -0.4 is 5.32 Å². The smallest absolute Gasteiger partial charge is 0.0991 e. The molecule has 9 nitrogen and oxygen atoms in total. The molecule has 0 unspecified atom stereocenters. The average molecular weight is 398 g/mol. The van der Waals surface area contributed by atoms with Crippen molar-refractivity contribution >= 4 is 0 Å². The van der Waals surface area contributed by atoms with Crippen LogP contribution in [0.25, 0.3) is 0 Å². The van der Waals surface area contributed by atoms with E-state index in [1.807, 2.05) is 18.3 Å². The van der Waals surface area contributed by atoms with Gasteiger partial charge in [0.25, 0.3) is 0 Å². The topological polar surface area (TPSA) is 108 Å². The maximum Gasteiger partial charge on any atom is 0.0991 e. The van der Waals surface area contributed by atoms with E-state index < -0.39 is 6.10 Å². The normalized spacial score (nSPS) is 25.2. The number of morpholine rings is 1. The molecule has 4 rings (SSSR count). The quantitative estimate of drug-likeness (QED) is 0.666. The third kappa shape index (κ3) is 5.18. The maximum absolute atomic E-state index is 10.3. The van der Waals surface area contributed by atoms with E-state index in [9.17, 15) is 5.11 Å². The van der Waals surface area contributed by atoms with E-state index in [0.717, 1.165) is 44.1 Å². The molecule has 0 bridgehead atoms. The lowest BCUT2D eigenvalue weighted by Gasteiger charge is -2.25. The molecule has 0 saturated carbocycles. The second-order valence-corrected chi connectivity index (χ2v) is 7.47. The zero-order chi connectivity index (χ0) is 20.1. The predicted molar refractivity (Wildman–Crippen MR) is 104 cm³/mol. The molecule has 154 valence electrons. The number of ether oxygens (including phenoxy) is 2. The molecule has 2 aliphatic heterocycles. The summed E-state index contributed by atoms with van der Waals surface area (Å²) in [4.78, 5) is 2.30. The Morgan fingerprint density at radius 1 is 1.24 bits per heavy atom. The number of nitrogens with zero attached hydrogens (tertiary/aromatic N) is 5. The van der Waals surface area contributed by atoms with Crippen LogP contribution in [0.1, 0.15) is 16.8 Å². The number of nitrogens with one attached hydrogen (secondary N) is 1. The fourth-order valence-corrected chi connectivity index (χ4v) is 3.72. The molecule has 2 aromatic rings. The number of rotatable bonds is 7. The van der Waals surface area contributed by atoms with Gasteiger partial charge in [0, 0.05) is 32.4 Å². The van der Waals surface area contributed by atoms with Crippen molar-refractivity contribution in [2.24, 2.45) is 0 Å². The second-order valence-electron chi connectivity index (χ2n) is 7.47. The first kappa shape index (κ1) is 19.9. The van der Waals surface area contributed by atoms with Gasteiger partial charge in [-0.2, -0.15) is 5.26 Å². The van der Waals surface area contributed by atoms with Gasteiger partial charge >= 0.3 is 0 Å². The third-order valence-corrected chi connectivity index (χ3v) is 5.36. The molecule has 1 aromatic heterocycles. The summed E-state index contributed by atoms with van der Waals surface area (Å²) in [5, 5.41) is 31.1. The Balaban J connectivity index is 1.32. The molecule has 2 aliphatic rings. The molecule has 2 saturated heterocycles. The molecule has 0 aliphatic carbocycles. The number of aliphatic hydroxyl groups is 1. The third-order valence-electron chi connectivity index (χ3n) is 5.36. The van der Waals surface area contributed by atoms with Gasteiger partial charge in [0.1, 0.15) is 0 Å². The molecule has 2 N–H and O–H groups in total. The van der Waals surface area contributed by atoms with Crippen molar-refractivity contribution in [3.63, 3.8) is 0 Å². The Morgan fingerprint density at radius 3 is 2.79 bits per heavy atom. The molecule has 0 amide bonds. The number of aliphatic hydroxyl groups excluding tert-OH is 1. The molecule has 3 atom stereocenters. The summed E-state index contributed by atoms with van der Waals surface area (Å²) < 4.78 is 13.0. The van der Waals surface area contributed by atoms with E-state index >= 15 is 0 Å². The van der Waals surface area contributed by atoms with Crippen LogP contribution in [-0.4, -0.2) is 76.2 Å². The minimum absolute atomic E-state index is 0.193. The first-order valence-electron chi connectivity index (χ1n) is 9.92. The van der Waals surface area contributed by atoms with Gasteiger partial charge in [-0.05, 0) is 17.7 Å². The van der Waals surface area contributed by atoms with Crippen molar-refractivity contribution in [1.82, 2.24) is 25.2 Å². The highest BCUT2D eigenvalue weighted by atomic mass is 16.5. The average Bonchev–Trinajstić information content (AvgIpc) is 3.34. The highest BCUT2D eigenvalue weighted by Gasteiger charge is 2.36. The predicted octanol–water partition coefficient (Wildman–Crippen LogP) is -0.0999. The van der Waals surface area contributed by atoms with Crippen LogP contribution in [-0.2, 0) is 29.1 Å². The van der Waals surface area contributed by atoms with Crippen molar-refractivity contribution in [3.05, 3.63) is 47.3 Å². The van der Waals surface area contributed by atoms with E-state index in [4.69, 9.17) is 14.7 Å². The Kier molecular flexibility index (Phi) is 6.49. The minimum Gasteiger partial charge on any atom is -0.389 e. The lowest BCUT2D eigenvalue weighted by atomic mass is 10.1. The summed E-state index contributed by atoms with van der Waals surface area (Å²) in [5.41, 5.74) is 2.61. The second kappa shape index (κ2) is 9.43. The Morgan fingerprint density at radius 2 is 2.03 bits per heavy atom. The van der Waals surface area contributed by atoms with Crippen molar-refractivity contribution < 1.29 is 14.6 Å². The van der Waals surface area contributed by atoms with Gasteiger partial charge in [-0.1, -0.05) is 17.3 Å². The Hall–Kier alpha value is -2.35. The van der Waals surface area contributed by atoms with Gasteiger partial charge in [-0.15, -0.1) is 5.10 Å². The lowest BCUT2D eigenvalue weighted by Crippen LogP contribution is -2.45. The molecule has 3 heterocycles. The van der Waals surface area contributed by atoms with Gasteiger partial charge < -0.3 is 19.9 Å². The SMILES string of the molecule is N#Cc1ccc(CN[C@@H]2[C@@H](O)CO[C@@H]2Cn2cc(CN3CCOCC3)nn2)cc1. The summed E-state index contributed by atoms with van der Waals surface area (Å²) in [7, 11) is 0.